The maximum Gasteiger partial charge on any atom is 0.141 e. The molecule has 0 saturated carbocycles. The van der Waals surface area contributed by atoms with E-state index < -0.39 is 5.82 Å². The Bertz CT molecular complexity index is 327. The lowest BCUT2D eigenvalue weighted by Gasteiger charge is -2.00. The summed E-state index contributed by atoms with van der Waals surface area (Å²) in [6, 6.07) is 2.59. The van der Waals surface area contributed by atoms with Gasteiger partial charge in [0.05, 0.1) is 10.7 Å². The largest absolute Gasteiger partial charge is 0.506 e. The molecule has 5 heteroatoms. The summed E-state index contributed by atoms with van der Waals surface area (Å²) in [4.78, 5) is 0. The Labute approximate surface area is 76.8 Å². The van der Waals surface area contributed by atoms with E-state index in [4.69, 9.17) is 5.84 Å². The third kappa shape index (κ3) is 1.55. The molecule has 1 rings (SSSR count). The SMILES string of the molecule is NN=Cc1ccc(F)c(Br)c1O. The van der Waals surface area contributed by atoms with Gasteiger partial charge in [0.25, 0.3) is 0 Å². The minimum atomic E-state index is -0.526. The first-order valence-corrected chi connectivity index (χ1v) is 3.86. The van der Waals surface area contributed by atoms with Gasteiger partial charge in [-0.2, -0.15) is 5.10 Å². The predicted molar refractivity (Wildman–Crippen MR) is 47.5 cm³/mol. The number of hydrogen-bond donors (Lipinski definition) is 2. The van der Waals surface area contributed by atoms with Crippen molar-refractivity contribution in [1.82, 2.24) is 0 Å². The summed E-state index contributed by atoms with van der Waals surface area (Å²) in [5.74, 6) is 4.14. The van der Waals surface area contributed by atoms with Gasteiger partial charge in [-0.05, 0) is 28.1 Å². The number of nitrogens with two attached hydrogens (primary N) is 1. The first-order valence-electron chi connectivity index (χ1n) is 3.07. The van der Waals surface area contributed by atoms with Crippen molar-refractivity contribution in [3.05, 3.63) is 28.0 Å². The van der Waals surface area contributed by atoms with Gasteiger partial charge in [0, 0.05) is 5.56 Å². The molecule has 0 fully saturated rings. The molecule has 3 nitrogen and oxygen atoms in total. The van der Waals surface area contributed by atoms with Crippen LogP contribution < -0.4 is 5.84 Å². The van der Waals surface area contributed by atoms with Crippen molar-refractivity contribution in [2.24, 2.45) is 10.9 Å². The third-order valence-electron chi connectivity index (χ3n) is 1.31. The van der Waals surface area contributed by atoms with Crippen LogP contribution in [0.2, 0.25) is 0 Å². The lowest BCUT2D eigenvalue weighted by atomic mass is 10.2. The molecule has 0 unspecified atom stereocenters. The highest BCUT2D eigenvalue weighted by atomic mass is 79.9. The van der Waals surface area contributed by atoms with Gasteiger partial charge in [-0.1, -0.05) is 0 Å². The molecule has 0 radical (unpaired) electrons. The minimum Gasteiger partial charge on any atom is -0.506 e. The normalized spacial score (nSPS) is 10.8. The van der Waals surface area contributed by atoms with Gasteiger partial charge < -0.3 is 10.9 Å². The fourth-order valence-corrected chi connectivity index (χ4v) is 1.10. The number of aromatic hydroxyl groups is 1. The summed E-state index contributed by atoms with van der Waals surface area (Å²) in [6.07, 6.45) is 1.24. The van der Waals surface area contributed by atoms with E-state index >= 15 is 0 Å². The Morgan fingerprint density at radius 2 is 2.25 bits per heavy atom. The van der Waals surface area contributed by atoms with Gasteiger partial charge in [-0.25, -0.2) is 4.39 Å². The molecular formula is C7H6BrFN2O. The van der Waals surface area contributed by atoms with Crippen LogP contribution in [0.3, 0.4) is 0 Å². The van der Waals surface area contributed by atoms with Crippen molar-refractivity contribution in [2.75, 3.05) is 0 Å². The summed E-state index contributed by atoms with van der Waals surface area (Å²) < 4.78 is 12.7. The molecule has 3 N–H and O–H groups in total. The lowest BCUT2D eigenvalue weighted by molar-refractivity contribution is 0.463. The highest BCUT2D eigenvalue weighted by molar-refractivity contribution is 9.10. The van der Waals surface area contributed by atoms with Gasteiger partial charge in [-0.15, -0.1) is 0 Å². The smallest absolute Gasteiger partial charge is 0.141 e. The zero-order valence-electron chi connectivity index (χ0n) is 5.96. The highest BCUT2D eigenvalue weighted by Crippen LogP contribution is 2.29. The second-order valence-corrected chi connectivity index (χ2v) is 2.87. The highest BCUT2D eigenvalue weighted by Gasteiger charge is 2.07. The third-order valence-corrected chi connectivity index (χ3v) is 2.07. The Morgan fingerprint density at radius 1 is 1.58 bits per heavy atom. The molecule has 0 spiro atoms. The number of hydrazone groups is 1. The van der Waals surface area contributed by atoms with Crippen LogP contribution in [0.1, 0.15) is 5.56 Å². The molecule has 64 valence electrons. The van der Waals surface area contributed by atoms with Crippen molar-refractivity contribution < 1.29 is 9.50 Å². The summed E-state index contributed by atoms with van der Waals surface area (Å²) in [5, 5.41) is 12.5. The summed E-state index contributed by atoms with van der Waals surface area (Å²) in [6.45, 7) is 0. The number of nitrogens with zero attached hydrogens (tertiary/aromatic N) is 1. The Morgan fingerprint density at radius 3 is 2.83 bits per heavy atom. The molecule has 1 aromatic rings. The van der Waals surface area contributed by atoms with Crippen LogP contribution in [-0.4, -0.2) is 11.3 Å². The van der Waals surface area contributed by atoms with Crippen LogP contribution >= 0.6 is 15.9 Å². The van der Waals surface area contributed by atoms with E-state index in [0.29, 0.717) is 5.56 Å². The molecule has 0 atom stereocenters. The second-order valence-electron chi connectivity index (χ2n) is 2.08. The number of phenolic OH excluding ortho intramolecular Hbond substituents is 1. The average Bonchev–Trinajstić information content (AvgIpc) is 2.07. The fraction of sp³-hybridized carbons (Fsp3) is 0. The fourth-order valence-electron chi connectivity index (χ4n) is 0.739. The average molecular weight is 233 g/mol. The zero-order chi connectivity index (χ0) is 9.14. The maximum absolute atomic E-state index is 12.7. The summed E-state index contributed by atoms with van der Waals surface area (Å²) in [5.41, 5.74) is 0.366. The first kappa shape index (κ1) is 8.99. The summed E-state index contributed by atoms with van der Waals surface area (Å²) >= 11 is 2.87. The van der Waals surface area contributed by atoms with Crippen LogP contribution in [0.4, 0.5) is 4.39 Å². The number of benzene rings is 1. The molecule has 0 aromatic heterocycles. The maximum atomic E-state index is 12.7. The zero-order valence-corrected chi connectivity index (χ0v) is 7.55. The van der Waals surface area contributed by atoms with E-state index in [9.17, 15) is 9.50 Å². The standard InChI is InChI=1S/C7H6BrFN2O/c8-6-5(9)2-1-4(3-11-10)7(6)12/h1-3,12H,10H2. The van der Waals surface area contributed by atoms with Crippen LogP contribution in [0.25, 0.3) is 0 Å². The van der Waals surface area contributed by atoms with Gasteiger partial charge in [-0.3, -0.25) is 0 Å². The van der Waals surface area contributed by atoms with E-state index in [-0.39, 0.29) is 10.2 Å². The quantitative estimate of drug-likeness (QED) is 0.439. The molecule has 0 aliphatic heterocycles. The van der Waals surface area contributed by atoms with E-state index in [1.54, 1.807) is 0 Å². The molecule has 0 saturated heterocycles. The first-order chi connectivity index (χ1) is 5.66. The number of phenols is 1. The van der Waals surface area contributed by atoms with E-state index in [1.807, 2.05) is 0 Å². The summed E-state index contributed by atoms with van der Waals surface area (Å²) in [7, 11) is 0. The predicted octanol–water partition coefficient (Wildman–Crippen LogP) is 1.59. The van der Waals surface area contributed by atoms with E-state index in [2.05, 4.69) is 21.0 Å². The van der Waals surface area contributed by atoms with Gasteiger partial charge in [0.15, 0.2) is 0 Å². The Kier molecular flexibility index (Phi) is 2.65. The molecule has 12 heavy (non-hydrogen) atoms. The monoisotopic (exact) mass is 232 g/mol. The van der Waals surface area contributed by atoms with Crippen molar-refractivity contribution in [3.63, 3.8) is 0 Å². The van der Waals surface area contributed by atoms with Crippen molar-refractivity contribution in [3.8, 4) is 5.75 Å². The van der Waals surface area contributed by atoms with Crippen molar-refractivity contribution in [1.29, 1.82) is 0 Å². The molecule has 0 bridgehead atoms. The van der Waals surface area contributed by atoms with Crippen LogP contribution in [-0.2, 0) is 0 Å². The molecule has 0 aliphatic rings. The number of rotatable bonds is 1. The van der Waals surface area contributed by atoms with Gasteiger partial charge in [0.2, 0.25) is 0 Å². The Hall–Kier alpha value is -1.10. The molecule has 0 amide bonds. The minimum absolute atomic E-state index is 0.0138. The van der Waals surface area contributed by atoms with E-state index in [1.165, 1.54) is 18.3 Å². The van der Waals surface area contributed by atoms with Crippen LogP contribution in [0.5, 0.6) is 5.75 Å². The van der Waals surface area contributed by atoms with Crippen LogP contribution in [0.15, 0.2) is 21.7 Å². The molecular weight excluding hydrogens is 227 g/mol. The van der Waals surface area contributed by atoms with Gasteiger partial charge in [0.1, 0.15) is 11.6 Å². The van der Waals surface area contributed by atoms with Crippen LogP contribution in [0, 0.1) is 5.82 Å². The molecule has 0 aliphatic carbocycles. The molecule has 0 heterocycles. The van der Waals surface area contributed by atoms with E-state index in [0.717, 1.165) is 0 Å². The topological polar surface area (TPSA) is 58.6 Å². The lowest BCUT2D eigenvalue weighted by Crippen LogP contribution is -1.89. The van der Waals surface area contributed by atoms with Crippen molar-refractivity contribution >= 4 is 22.1 Å². The van der Waals surface area contributed by atoms with Crippen molar-refractivity contribution in [2.45, 2.75) is 0 Å². The Balaban J connectivity index is 3.26. The number of halogens is 2. The van der Waals surface area contributed by atoms with Gasteiger partial charge >= 0.3 is 0 Å². The molecule has 1 aromatic carbocycles. The second kappa shape index (κ2) is 3.53. The number of hydrogen-bond acceptors (Lipinski definition) is 3.